The Balaban J connectivity index is 2.18. The molecule has 0 radical (unpaired) electrons. The fourth-order valence-corrected chi connectivity index (χ4v) is 2.68. The third-order valence-corrected chi connectivity index (χ3v) is 3.68. The van der Waals surface area contributed by atoms with Gasteiger partial charge in [-0.2, -0.15) is 0 Å². The summed E-state index contributed by atoms with van der Waals surface area (Å²) >= 11 is 1.83. The molecule has 1 aromatic carbocycles. The summed E-state index contributed by atoms with van der Waals surface area (Å²) in [7, 11) is 0. The molecule has 3 rings (SSSR count). The van der Waals surface area contributed by atoms with Gasteiger partial charge in [0.15, 0.2) is 0 Å². The van der Waals surface area contributed by atoms with E-state index in [0.717, 1.165) is 5.52 Å². The molecule has 0 atom stereocenters. The average molecular weight is 225 g/mol. The van der Waals surface area contributed by atoms with E-state index in [1.807, 2.05) is 23.6 Å². The summed E-state index contributed by atoms with van der Waals surface area (Å²) in [6.07, 6.45) is 1.83. The fourth-order valence-electron chi connectivity index (χ4n) is 1.82. The SMILES string of the molecule is Cc1ccc(-c2ccc3ncccc3c2)s1. The van der Waals surface area contributed by atoms with Crippen molar-refractivity contribution in [1.29, 1.82) is 0 Å². The summed E-state index contributed by atoms with van der Waals surface area (Å²) in [5.41, 5.74) is 2.33. The number of hydrogen-bond donors (Lipinski definition) is 0. The van der Waals surface area contributed by atoms with E-state index >= 15 is 0 Å². The molecule has 16 heavy (non-hydrogen) atoms. The van der Waals surface area contributed by atoms with Crippen LogP contribution in [0.15, 0.2) is 48.7 Å². The molecule has 0 aliphatic carbocycles. The van der Waals surface area contributed by atoms with Crippen LogP contribution in [0.1, 0.15) is 4.88 Å². The van der Waals surface area contributed by atoms with Gasteiger partial charge < -0.3 is 0 Å². The predicted molar refractivity (Wildman–Crippen MR) is 69.8 cm³/mol. The van der Waals surface area contributed by atoms with Crippen molar-refractivity contribution in [3.05, 3.63) is 53.5 Å². The summed E-state index contributed by atoms with van der Waals surface area (Å²) in [6.45, 7) is 2.14. The smallest absolute Gasteiger partial charge is 0.0702 e. The highest BCUT2D eigenvalue weighted by molar-refractivity contribution is 7.15. The Bertz CT molecular complexity index is 640. The minimum atomic E-state index is 1.06. The number of hydrogen-bond acceptors (Lipinski definition) is 2. The number of rotatable bonds is 1. The van der Waals surface area contributed by atoms with Gasteiger partial charge in [-0.25, -0.2) is 0 Å². The Morgan fingerprint density at radius 1 is 1.06 bits per heavy atom. The predicted octanol–water partition coefficient (Wildman–Crippen LogP) is 4.27. The molecule has 2 heterocycles. The van der Waals surface area contributed by atoms with Crippen LogP contribution in [0.4, 0.5) is 0 Å². The number of aryl methyl sites for hydroxylation is 1. The lowest BCUT2D eigenvalue weighted by molar-refractivity contribution is 1.41. The van der Waals surface area contributed by atoms with Gasteiger partial charge in [0.25, 0.3) is 0 Å². The maximum absolute atomic E-state index is 4.32. The first-order chi connectivity index (χ1) is 7.83. The lowest BCUT2D eigenvalue weighted by Crippen LogP contribution is -1.78. The van der Waals surface area contributed by atoms with Gasteiger partial charge >= 0.3 is 0 Å². The zero-order valence-corrected chi connectivity index (χ0v) is 9.79. The van der Waals surface area contributed by atoms with Gasteiger partial charge in [-0.3, -0.25) is 4.98 Å². The maximum atomic E-state index is 4.32. The Morgan fingerprint density at radius 3 is 2.81 bits per heavy atom. The van der Waals surface area contributed by atoms with Gasteiger partial charge in [0.2, 0.25) is 0 Å². The molecule has 0 unspecified atom stereocenters. The van der Waals surface area contributed by atoms with E-state index in [1.54, 1.807) is 0 Å². The number of pyridine rings is 1. The number of benzene rings is 1. The van der Waals surface area contributed by atoms with Crippen molar-refractivity contribution >= 4 is 22.2 Å². The first kappa shape index (κ1) is 9.55. The lowest BCUT2D eigenvalue weighted by Gasteiger charge is -2.00. The molecule has 3 aromatic rings. The first-order valence-corrected chi connectivity index (χ1v) is 6.06. The molecule has 0 saturated heterocycles. The van der Waals surface area contributed by atoms with E-state index in [4.69, 9.17) is 0 Å². The zero-order valence-electron chi connectivity index (χ0n) is 8.97. The molecule has 0 fully saturated rings. The average Bonchev–Trinajstić information content (AvgIpc) is 2.75. The van der Waals surface area contributed by atoms with Crippen molar-refractivity contribution in [2.75, 3.05) is 0 Å². The van der Waals surface area contributed by atoms with Gasteiger partial charge in [-0.15, -0.1) is 11.3 Å². The van der Waals surface area contributed by atoms with Crippen LogP contribution in [-0.2, 0) is 0 Å². The van der Waals surface area contributed by atoms with Crippen molar-refractivity contribution in [1.82, 2.24) is 4.98 Å². The van der Waals surface area contributed by atoms with Gasteiger partial charge in [-0.1, -0.05) is 12.1 Å². The van der Waals surface area contributed by atoms with Crippen molar-refractivity contribution < 1.29 is 0 Å². The number of aromatic nitrogens is 1. The maximum Gasteiger partial charge on any atom is 0.0702 e. The monoisotopic (exact) mass is 225 g/mol. The molecular formula is C14H11NS. The van der Waals surface area contributed by atoms with E-state index in [2.05, 4.69) is 48.3 Å². The summed E-state index contributed by atoms with van der Waals surface area (Å²) < 4.78 is 0. The van der Waals surface area contributed by atoms with Crippen LogP contribution in [0.5, 0.6) is 0 Å². The second-order valence-corrected chi connectivity index (χ2v) is 5.11. The molecule has 78 valence electrons. The molecule has 0 amide bonds. The Labute approximate surface area is 98.4 Å². The highest BCUT2D eigenvalue weighted by atomic mass is 32.1. The topological polar surface area (TPSA) is 12.9 Å². The van der Waals surface area contributed by atoms with Gasteiger partial charge in [0, 0.05) is 21.3 Å². The first-order valence-electron chi connectivity index (χ1n) is 5.24. The van der Waals surface area contributed by atoms with Crippen LogP contribution >= 0.6 is 11.3 Å². The van der Waals surface area contributed by atoms with E-state index in [-0.39, 0.29) is 0 Å². The minimum Gasteiger partial charge on any atom is -0.256 e. The molecule has 0 bridgehead atoms. The molecule has 2 aromatic heterocycles. The highest BCUT2D eigenvalue weighted by Gasteiger charge is 2.01. The zero-order chi connectivity index (χ0) is 11.0. The van der Waals surface area contributed by atoms with Crippen LogP contribution < -0.4 is 0 Å². The van der Waals surface area contributed by atoms with Gasteiger partial charge in [0.1, 0.15) is 0 Å². The lowest BCUT2D eigenvalue weighted by atomic mass is 10.1. The van der Waals surface area contributed by atoms with E-state index < -0.39 is 0 Å². The van der Waals surface area contributed by atoms with Gasteiger partial charge in [0.05, 0.1) is 5.52 Å². The van der Waals surface area contributed by atoms with Crippen LogP contribution in [0.2, 0.25) is 0 Å². The standard InChI is InChI=1S/C14H11NS/c1-10-4-7-14(16-10)12-5-6-13-11(9-12)3-2-8-15-13/h2-9H,1H3. The van der Waals surface area contributed by atoms with E-state index in [1.165, 1.54) is 20.7 Å². The van der Waals surface area contributed by atoms with Crippen molar-refractivity contribution in [3.63, 3.8) is 0 Å². The second-order valence-electron chi connectivity index (χ2n) is 3.82. The van der Waals surface area contributed by atoms with Crippen molar-refractivity contribution in [3.8, 4) is 10.4 Å². The van der Waals surface area contributed by atoms with Crippen LogP contribution in [0, 0.1) is 6.92 Å². The van der Waals surface area contributed by atoms with Gasteiger partial charge in [-0.05, 0) is 42.8 Å². The van der Waals surface area contributed by atoms with E-state index in [0.29, 0.717) is 0 Å². The van der Waals surface area contributed by atoms with Crippen molar-refractivity contribution in [2.24, 2.45) is 0 Å². The molecular weight excluding hydrogens is 214 g/mol. The molecule has 1 nitrogen and oxygen atoms in total. The molecule has 0 N–H and O–H groups in total. The molecule has 0 aliphatic rings. The van der Waals surface area contributed by atoms with Crippen LogP contribution in [0.3, 0.4) is 0 Å². The Kier molecular flexibility index (Phi) is 2.22. The van der Waals surface area contributed by atoms with E-state index in [9.17, 15) is 0 Å². The third kappa shape index (κ3) is 1.61. The van der Waals surface area contributed by atoms with Crippen molar-refractivity contribution in [2.45, 2.75) is 6.92 Å². The third-order valence-electron chi connectivity index (χ3n) is 2.63. The fraction of sp³-hybridized carbons (Fsp3) is 0.0714. The quantitative estimate of drug-likeness (QED) is 0.602. The molecule has 0 aliphatic heterocycles. The Morgan fingerprint density at radius 2 is 2.00 bits per heavy atom. The number of thiophene rings is 1. The Hall–Kier alpha value is -1.67. The van der Waals surface area contributed by atoms with Crippen LogP contribution in [-0.4, -0.2) is 4.98 Å². The minimum absolute atomic E-state index is 1.06. The normalized spacial score (nSPS) is 10.8. The summed E-state index contributed by atoms with van der Waals surface area (Å²) in [5.74, 6) is 0. The molecule has 0 spiro atoms. The summed E-state index contributed by atoms with van der Waals surface area (Å²) in [5, 5.41) is 1.20. The van der Waals surface area contributed by atoms with Crippen LogP contribution in [0.25, 0.3) is 21.3 Å². The molecule has 0 saturated carbocycles. The molecule has 2 heteroatoms. The largest absolute Gasteiger partial charge is 0.256 e. The number of nitrogens with zero attached hydrogens (tertiary/aromatic N) is 1. The summed E-state index contributed by atoms with van der Waals surface area (Å²) in [4.78, 5) is 7.00. The highest BCUT2D eigenvalue weighted by Crippen LogP contribution is 2.29. The second kappa shape index (κ2) is 3.72. The number of fused-ring (bicyclic) bond motifs is 1. The summed E-state index contributed by atoms with van der Waals surface area (Å²) in [6, 6.07) is 14.8.